The number of amides is 2. The van der Waals surface area contributed by atoms with Crippen LogP contribution in [0.25, 0.3) is 0 Å². The van der Waals surface area contributed by atoms with Crippen LogP contribution in [0.1, 0.15) is 0 Å². The molecule has 2 amide bonds. The molecule has 1 N–H and O–H groups in total. The summed E-state index contributed by atoms with van der Waals surface area (Å²) in [6.45, 7) is 0.465. The Kier molecular flexibility index (Phi) is 4.82. The van der Waals surface area contributed by atoms with Crippen LogP contribution in [0, 0.1) is 11.8 Å². The molecule has 1 spiro atoms. The fourth-order valence-corrected chi connectivity index (χ4v) is 5.45. The number of carbonyl (C=O) groups is 2. The highest BCUT2D eigenvalue weighted by Crippen LogP contribution is 2.53. The summed E-state index contributed by atoms with van der Waals surface area (Å²) in [5.74, 6) is 0.643. The van der Waals surface area contributed by atoms with Crippen LogP contribution in [-0.4, -0.2) is 58.2 Å². The Morgan fingerprint density at radius 2 is 1.80 bits per heavy atom. The lowest BCUT2D eigenvalue weighted by Gasteiger charge is -2.24. The molecule has 10 nitrogen and oxygen atoms in total. The van der Waals surface area contributed by atoms with E-state index >= 15 is 0 Å². The first-order valence-corrected chi connectivity index (χ1v) is 11.2. The molecular formula is C25H24N2O8. The van der Waals surface area contributed by atoms with Crippen molar-refractivity contribution in [2.75, 3.05) is 44.9 Å². The van der Waals surface area contributed by atoms with Gasteiger partial charge in [0.2, 0.25) is 24.4 Å². The fraction of sp³-hybridized carbons (Fsp3) is 0.360. The van der Waals surface area contributed by atoms with Gasteiger partial charge < -0.3 is 38.6 Å². The van der Waals surface area contributed by atoms with E-state index in [9.17, 15) is 9.59 Å². The van der Waals surface area contributed by atoms with E-state index in [2.05, 4.69) is 5.32 Å². The zero-order valence-electron chi connectivity index (χ0n) is 19.4. The number of anilines is 2. The number of rotatable bonds is 6. The zero-order valence-corrected chi connectivity index (χ0v) is 19.4. The molecule has 4 heterocycles. The van der Waals surface area contributed by atoms with Gasteiger partial charge in [0.05, 0.1) is 45.8 Å². The number of nitrogens with zero attached hydrogens (tertiary/aromatic N) is 1. The predicted molar refractivity (Wildman–Crippen MR) is 123 cm³/mol. The molecule has 10 heteroatoms. The highest BCUT2D eigenvalue weighted by molar-refractivity contribution is 6.05. The van der Waals surface area contributed by atoms with E-state index in [1.807, 2.05) is 18.2 Å². The van der Waals surface area contributed by atoms with Crippen LogP contribution in [0.4, 0.5) is 11.4 Å². The monoisotopic (exact) mass is 480 g/mol. The third kappa shape index (κ3) is 3.13. The molecule has 0 unspecified atom stereocenters. The first-order valence-electron chi connectivity index (χ1n) is 11.2. The van der Waals surface area contributed by atoms with Crippen molar-refractivity contribution in [2.45, 2.75) is 11.7 Å². The van der Waals surface area contributed by atoms with Gasteiger partial charge in [-0.3, -0.25) is 9.59 Å². The first-order chi connectivity index (χ1) is 17.0. The molecule has 2 bridgehead atoms. The van der Waals surface area contributed by atoms with Crippen molar-refractivity contribution in [3.8, 4) is 28.7 Å². The second kappa shape index (κ2) is 7.81. The number of methoxy groups -OCH3 is 3. The minimum atomic E-state index is -0.852. The SMILES string of the molecule is COc1cc(NC(=O)[C@@H]2[C@H]3C=C[C@@]4(CN(c5ccc6c(c5)OCO6)C(=O)[C@@H]24)O3)cc(OC)c1OC. The topological polar surface area (TPSA) is 105 Å². The molecule has 2 fully saturated rings. The van der Waals surface area contributed by atoms with Gasteiger partial charge in [0, 0.05) is 29.6 Å². The van der Waals surface area contributed by atoms with Crippen LogP contribution in [0.3, 0.4) is 0 Å². The van der Waals surface area contributed by atoms with E-state index in [4.69, 9.17) is 28.4 Å². The summed E-state index contributed by atoms with van der Waals surface area (Å²) in [4.78, 5) is 28.8. The Bertz CT molecular complexity index is 1240. The summed E-state index contributed by atoms with van der Waals surface area (Å²) in [6.07, 6.45) is 3.30. The molecule has 0 aromatic heterocycles. The minimum absolute atomic E-state index is 0.149. The van der Waals surface area contributed by atoms with Gasteiger partial charge in [-0.15, -0.1) is 0 Å². The van der Waals surface area contributed by atoms with Crippen molar-refractivity contribution in [3.63, 3.8) is 0 Å². The number of fused-ring (bicyclic) bond motifs is 2. The van der Waals surface area contributed by atoms with E-state index in [1.54, 1.807) is 29.2 Å². The van der Waals surface area contributed by atoms with E-state index in [-0.39, 0.29) is 18.6 Å². The number of hydrogen-bond donors (Lipinski definition) is 1. The Morgan fingerprint density at radius 3 is 2.51 bits per heavy atom. The Hall–Kier alpha value is -3.92. The Balaban J connectivity index is 1.28. The molecule has 35 heavy (non-hydrogen) atoms. The molecular weight excluding hydrogens is 456 g/mol. The van der Waals surface area contributed by atoms with Crippen LogP contribution in [0.5, 0.6) is 28.7 Å². The molecule has 4 aliphatic heterocycles. The summed E-state index contributed by atoms with van der Waals surface area (Å²) in [5, 5.41) is 2.91. The van der Waals surface area contributed by atoms with Gasteiger partial charge in [-0.2, -0.15) is 0 Å². The second-order valence-corrected chi connectivity index (χ2v) is 8.77. The number of nitrogens with one attached hydrogen (secondary N) is 1. The fourth-order valence-electron chi connectivity index (χ4n) is 5.45. The molecule has 6 rings (SSSR count). The lowest BCUT2D eigenvalue weighted by atomic mass is 9.77. The molecule has 2 aromatic carbocycles. The van der Waals surface area contributed by atoms with Crippen LogP contribution in [0.2, 0.25) is 0 Å². The van der Waals surface area contributed by atoms with Crippen molar-refractivity contribution < 1.29 is 38.0 Å². The lowest BCUT2D eigenvalue weighted by Crippen LogP contribution is -2.41. The van der Waals surface area contributed by atoms with Gasteiger partial charge in [-0.1, -0.05) is 12.2 Å². The third-order valence-corrected chi connectivity index (χ3v) is 7.00. The van der Waals surface area contributed by atoms with E-state index in [1.165, 1.54) is 21.3 Å². The number of hydrogen-bond acceptors (Lipinski definition) is 8. The Morgan fingerprint density at radius 1 is 1.06 bits per heavy atom. The first kappa shape index (κ1) is 21.6. The molecule has 2 saturated heterocycles. The van der Waals surface area contributed by atoms with Gasteiger partial charge in [0.25, 0.3) is 0 Å². The van der Waals surface area contributed by atoms with Crippen LogP contribution in [0.15, 0.2) is 42.5 Å². The standard InChI is InChI=1S/C25H24N2O8/c1-30-18-8-13(9-19(31-2)22(18)32-3)26-23(28)20-16-6-7-25(35-16)11-27(24(29)21(20)25)14-4-5-15-17(10-14)34-12-33-15/h4-10,16,20-21H,11-12H2,1-3H3,(H,26,28)/t16-,20-,21-,25+/m1/s1. The predicted octanol–water partition coefficient (Wildman–Crippen LogP) is 2.37. The summed E-state index contributed by atoms with van der Waals surface area (Å²) >= 11 is 0. The quantitative estimate of drug-likeness (QED) is 0.629. The summed E-state index contributed by atoms with van der Waals surface area (Å²) in [6, 6.07) is 8.66. The second-order valence-electron chi connectivity index (χ2n) is 8.77. The number of carbonyl (C=O) groups excluding carboxylic acids is 2. The van der Waals surface area contributed by atoms with Crippen LogP contribution < -0.4 is 33.9 Å². The summed E-state index contributed by atoms with van der Waals surface area (Å²) in [7, 11) is 4.51. The van der Waals surface area contributed by atoms with Crippen molar-refractivity contribution in [1.82, 2.24) is 0 Å². The van der Waals surface area contributed by atoms with Crippen molar-refractivity contribution in [3.05, 3.63) is 42.5 Å². The van der Waals surface area contributed by atoms with Crippen molar-refractivity contribution in [2.24, 2.45) is 11.8 Å². The van der Waals surface area contributed by atoms with Crippen molar-refractivity contribution in [1.29, 1.82) is 0 Å². The largest absolute Gasteiger partial charge is 0.493 e. The third-order valence-electron chi connectivity index (χ3n) is 7.00. The zero-order chi connectivity index (χ0) is 24.3. The lowest BCUT2D eigenvalue weighted by molar-refractivity contribution is -0.128. The molecule has 2 aromatic rings. The van der Waals surface area contributed by atoms with Crippen molar-refractivity contribution >= 4 is 23.2 Å². The number of ether oxygens (including phenoxy) is 6. The average Bonchev–Trinajstić information content (AvgIpc) is 3.63. The van der Waals surface area contributed by atoms with Gasteiger partial charge in [0.15, 0.2) is 23.0 Å². The van der Waals surface area contributed by atoms with Crippen LogP contribution in [-0.2, 0) is 14.3 Å². The molecule has 0 aliphatic carbocycles. The van der Waals surface area contributed by atoms with Gasteiger partial charge >= 0.3 is 0 Å². The maximum atomic E-state index is 13.6. The maximum absolute atomic E-state index is 13.6. The smallest absolute Gasteiger partial charge is 0.234 e. The van der Waals surface area contributed by atoms with Gasteiger partial charge in [0.1, 0.15) is 5.60 Å². The average molecular weight is 480 g/mol. The molecule has 0 radical (unpaired) electrons. The molecule has 4 aliphatic rings. The maximum Gasteiger partial charge on any atom is 0.234 e. The normalized spacial score (nSPS) is 27.2. The van der Waals surface area contributed by atoms with E-state index in [0.717, 1.165) is 0 Å². The molecule has 4 atom stereocenters. The molecule has 182 valence electrons. The Labute approximate surface area is 201 Å². The van der Waals surface area contributed by atoms with Gasteiger partial charge in [-0.05, 0) is 12.1 Å². The summed E-state index contributed by atoms with van der Waals surface area (Å²) in [5.41, 5.74) is 0.283. The van der Waals surface area contributed by atoms with E-state index < -0.39 is 23.5 Å². The van der Waals surface area contributed by atoms with Gasteiger partial charge in [-0.25, -0.2) is 0 Å². The highest BCUT2D eigenvalue weighted by atomic mass is 16.7. The summed E-state index contributed by atoms with van der Waals surface area (Å²) < 4.78 is 33.2. The highest BCUT2D eigenvalue weighted by Gasteiger charge is 2.67. The van der Waals surface area contributed by atoms with Crippen LogP contribution >= 0.6 is 0 Å². The molecule has 0 saturated carbocycles. The van der Waals surface area contributed by atoms with E-state index in [0.29, 0.717) is 46.7 Å². The minimum Gasteiger partial charge on any atom is -0.493 e. The number of benzene rings is 2.